The molecule has 0 spiro atoms. The zero-order valence-electron chi connectivity index (χ0n) is 10.8. The van der Waals surface area contributed by atoms with Crippen molar-refractivity contribution in [1.82, 2.24) is 0 Å². The monoisotopic (exact) mass is 249 g/mol. The molecule has 1 N–H and O–H groups in total. The number of amides is 1. The molecular formula is C14H19NO3. The van der Waals surface area contributed by atoms with Crippen molar-refractivity contribution in [3.8, 4) is 0 Å². The maximum Gasteiger partial charge on any atom is 0.414 e. The van der Waals surface area contributed by atoms with Gasteiger partial charge in [-0.25, -0.2) is 4.79 Å². The second kappa shape index (κ2) is 5.40. The van der Waals surface area contributed by atoms with Crippen LogP contribution in [0, 0.1) is 19.8 Å². The molecule has 1 fully saturated rings. The molecule has 1 atom stereocenters. The lowest BCUT2D eigenvalue weighted by Crippen LogP contribution is -2.44. The molecule has 0 saturated carbocycles. The fourth-order valence-corrected chi connectivity index (χ4v) is 2.42. The van der Waals surface area contributed by atoms with Crippen LogP contribution in [-0.2, 0) is 4.74 Å². The number of anilines is 1. The van der Waals surface area contributed by atoms with E-state index in [-0.39, 0.29) is 18.6 Å². The number of para-hydroxylation sites is 1. The Kier molecular flexibility index (Phi) is 3.87. The zero-order chi connectivity index (χ0) is 13.1. The van der Waals surface area contributed by atoms with Crippen LogP contribution in [-0.4, -0.2) is 31.0 Å². The van der Waals surface area contributed by atoms with Gasteiger partial charge in [0.1, 0.15) is 0 Å². The maximum atomic E-state index is 11.9. The maximum absolute atomic E-state index is 11.9. The number of hydrogen-bond donors (Lipinski definition) is 1. The molecule has 4 heteroatoms. The number of aryl methyl sites for hydroxylation is 2. The van der Waals surface area contributed by atoms with Gasteiger partial charge in [0.25, 0.3) is 0 Å². The molecule has 1 aromatic rings. The smallest absolute Gasteiger partial charge is 0.414 e. The number of carbonyl (C=O) groups is 1. The Morgan fingerprint density at radius 3 is 2.67 bits per heavy atom. The van der Waals surface area contributed by atoms with E-state index in [0.29, 0.717) is 19.6 Å². The first-order valence-electron chi connectivity index (χ1n) is 6.25. The van der Waals surface area contributed by atoms with E-state index < -0.39 is 0 Å². The van der Waals surface area contributed by atoms with Gasteiger partial charge < -0.3 is 9.84 Å². The van der Waals surface area contributed by atoms with Crippen LogP contribution in [0.15, 0.2) is 18.2 Å². The highest BCUT2D eigenvalue weighted by molar-refractivity contribution is 5.90. The number of ether oxygens (including phenoxy) is 1. The Balaban J connectivity index is 2.27. The minimum absolute atomic E-state index is 0.128. The van der Waals surface area contributed by atoms with Crippen molar-refractivity contribution in [3.05, 3.63) is 29.3 Å². The zero-order valence-corrected chi connectivity index (χ0v) is 10.8. The first kappa shape index (κ1) is 12.9. The van der Waals surface area contributed by atoms with Gasteiger partial charge >= 0.3 is 6.09 Å². The van der Waals surface area contributed by atoms with Crippen molar-refractivity contribution < 1.29 is 14.6 Å². The third-order valence-electron chi connectivity index (χ3n) is 3.35. The van der Waals surface area contributed by atoms with Crippen molar-refractivity contribution in [3.63, 3.8) is 0 Å². The molecule has 98 valence electrons. The molecule has 0 aliphatic carbocycles. The summed E-state index contributed by atoms with van der Waals surface area (Å²) in [5, 5.41) is 8.99. The van der Waals surface area contributed by atoms with Gasteiger partial charge in [-0.15, -0.1) is 0 Å². The third kappa shape index (κ3) is 2.48. The minimum Gasteiger partial charge on any atom is -0.449 e. The standard InChI is InChI=1S/C14H19NO3/c1-10-4-3-5-11(2)13(10)15-8-12(6-7-16)9-18-14(15)17/h3-5,12,16H,6-9H2,1-2H3. The first-order chi connectivity index (χ1) is 8.63. The van der Waals surface area contributed by atoms with E-state index in [9.17, 15) is 4.79 Å². The van der Waals surface area contributed by atoms with Gasteiger partial charge in [-0.3, -0.25) is 4.90 Å². The second-order valence-electron chi connectivity index (χ2n) is 4.81. The Morgan fingerprint density at radius 1 is 1.39 bits per heavy atom. The summed E-state index contributed by atoms with van der Waals surface area (Å²) in [6, 6.07) is 5.96. The molecule has 2 rings (SSSR count). The van der Waals surface area contributed by atoms with Crippen molar-refractivity contribution in [1.29, 1.82) is 0 Å². The lowest BCUT2D eigenvalue weighted by molar-refractivity contribution is 0.104. The molecule has 1 amide bonds. The van der Waals surface area contributed by atoms with Gasteiger partial charge in [-0.05, 0) is 31.4 Å². The summed E-state index contributed by atoms with van der Waals surface area (Å²) in [6.07, 6.45) is 0.371. The van der Waals surface area contributed by atoms with Crippen LogP contribution in [0.3, 0.4) is 0 Å². The highest BCUT2D eigenvalue weighted by atomic mass is 16.6. The molecule has 1 unspecified atom stereocenters. The number of hydrogen-bond acceptors (Lipinski definition) is 3. The predicted molar refractivity (Wildman–Crippen MR) is 69.8 cm³/mol. The molecule has 1 aromatic carbocycles. The molecular weight excluding hydrogens is 230 g/mol. The first-order valence-corrected chi connectivity index (χ1v) is 6.25. The third-order valence-corrected chi connectivity index (χ3v) is 3.35. The number of cyclic esters (lactones) is 1. The quantitative estimate of drug-likeness (QED) is 0.894. The van der Waals surface area contributed by atoms with Gasteiger partial charge in [-0.1, -0.05) is 18.2 Å². The molecule has 1 saturated heterocycles. The highest BCUT2D eigenvalue weighted by Crippen LogP contribution is 2.28. The van der Waals surface area contributed by atoms with E-state index >= 15 is 0 Å². The van der Waals surface area contributed by atoms with Crippen LogP contribution < -0.4 is 4.90 Å². The molecule has 0 radical (unpaired) electrons. The molecule has 1 aliphatic rings. The normalized spacial score (nSPS) is 19.8. The summed E-state index contributed by atoms with van der Waals surface area (Å²) in [4.78, 5) is 13.6. The fraction of sp³-hybridized carbons (Fsp3) is 0.500. The van der Waals surface area contributed by atoms with Crippen LogP contribution >= 0.6 is 0 Å². The lowest BCUT2D eigenvalue weighted by atomic mass is 10.0. The van der Waals surface area contributed by atoms with E-state index in [0.717, 1.165) is 16.8 Å². The number of nitrogens with zero attached hydrogens (tertiary/aromatic N) is 1. The lowest BCUT2D eigenvalue weighted by Gasteiger charge is -2.33. The molecule has 0 aromatic heterocycles. The molecule has 1 heterocycles. The number of carbonyl (C=O) groups excluding carboxylic acids is 1. The number of aliphatic hydroxyl groups excluding tert-OH is 1. The van der Waals surface area contributed by atoms with Crippen LogP contribution in [0.25, 0.3) is 0 Å². The van der Waals surface area contributed by atoms with Gasteiger partial charge in [0.2, 0.25) is 0 Å². The minimum atomic E-state index is -0.290. The second-order valence-corrected chi connectivity index (χ2v) is 4.81. The van der Waals surface area contributed by atoms with E-state index in [1.54, 1.807) is 4.90 Å². The van der Waals surface area contributed by atoms with Crippen LogP contribution in [0.5, 0.6) is 0 Å². The number of benzene rings is 1. The summed E-state index contributed by atoms with van der Waals surface area (Å²) in [5.74, 6) is 0.201. The topological polar surface area (TPSA) is 49.8 Å². The largest absolute Gasteiger partial charge is 0.449 e. The summed E-state index contributed by atoms with van der Waals surface area (Å²) < 4.78 is 5.20. The highest BCUT2D eigenvalue weighted by Gasteiger charge is 2.29. The van der Waals surface area contributed by atoms with Crippen LogP contribution in [0.4, 0.5) is 10.5 Å². The fourth-order valence-electron chi connectivity index (χ4n) is 2.42. The van der Waals surface area contributed by atoms with Crippen LogP contribution in [0.2, 0.25) is 0 Å². The van der Waals surface area contributed by atoms with E-state index in [1.165, 1.54) is 0 Å². The van der Waals surface area contributed by atoms with E-state index in [2.05, 4.69) is 0 Å². The average Bonchev–Trinajstić information content (AvgIpc) is 2.33. The van der Waals surface area contributed by atoms with E-state index in [1.807, 2.05) is 32.0 Å². The van der Waals surface area contributed by atoms with Gasteiger partial charge in [0.05, 0.1) is 12.3 Å². The Bertz CT molecular complexity index is 424. The number of aliphatic hydroxyl groups is 1. The Hall–Kier alpha value is -1.55. The van der Waals surface area contributed by atoms with E-state index in [4.69, 9.17) is 9.84 Å². The summed E-state index contributed by atoms with van der Waals surface area (Å²) in [5.41, 5.74) is 3.07. The van der Waals surface area contributed by atoms with Crippen LogP contribution in [0.1, 0.15) is 17.5 Å². The van der Waals surface area contributed by atoms with Crippen molar-refractivity contribution in [2.45, 2.75) is 20.3 Å². The van der Waals surface area contributed by atoms with Crippen molar-refractivity contribution >= 4 is 11.8 Å². The van der Waals surface area contributed by atoms with Crippen molar-refractivity contribution in [2.24, 2.45) is 5.92 Å². The van der Waals surface area contributed by atoms with Crippen molar-refractivity contribution in [2.75, 3.05) is 24.7 Å². The van der Waals surface area contributed by atoms with Gasteiger partial charge in [0.15, 0.2) is 0 Å². The van der Waals surface area contributed by atoms with Gasteiger partial charge in [0, 0.05) is 19.1 Å². The summed E-state index contributed by atoms with van der Waals surface area (Å²) >= 11 is 0. The van der Waals surface area contributed by atoms with Gasteiger partial charge in [-0.2, -0.15) is 0 Å². The average molecular weight is 249 g/mol. The molecule has 1 aliphatic heterocycles. The Morgan fingerprint density at radius 2 is 2.06 bits per heavy atom. The summed E-state index contributed by atoms with van der Waals surface area (Å²) in [7, 11) is 0. The SMILES string of the molecule is Cc1cccc(C)c1N1CC(CCO)COC1=O. The Labute approximate surface area is 107 Å². The molecule has 18 heavy (non-hydrogen) atoms. The summed E-state index contributed by atoms with van der Waals surface area (Å²) in [6.45, 7) is 5.13. The number of rotatable bonds is 3. The molecule has 4 nitrogen and oxygen atoms in total. The molecule has 0 bridgehead atoms. The predicted octanol–water partition coefficient (Wildman–Crippen LogP) is 2.26.